The molecule has 0 bridgehead atoms. The van der Waals surface area contributed by atoms with Crippen LogP contribution in [0, 0.1) is 17.7 Å². The lowest BCUT2D eigenvalue weighted by molar-refractivity contribution is 0.350. The molecule has 6 heteroatoms. The number of hydrogen-bond acceptors (Lipinski definition) is 3. The monoisotopic (exact) mass is 305 g/mol. The molecule has 2 rings (SSSR count). The molecule has 2 N–H and O–H groups in total. The summed E-state index contributed by atoms with van der Waals surface area (Å²) in [6.45, 7) is -0.369. The van der Waals surface area contributed by atoms with Gasteiger partial charge in [-0.05, 0) is 30.3 Å². The van der Waals surface area contributed by atoms with Gasteiger partial charge in [0.15, 0.2) is 0 Å². The van der Waals surface area contributed by atoms with Gasteiger partial charge in [0.25, 0.3) is 10.0 Å². The Kier molecular flexibility index (Phi) is 4.58. The molecule has 0 fully saturated rings. The minimum absolute atomic E-state index is 0.0322. The number of hydrogen-bond donors (Lipinski definition) is 2. The molecule has 0 aromatic heterocycles. The molecule has 0 aliphatic carbocycles. The van der Waals surface area contributed by atoms with Gasteiger partial charge in [-0.1, -0.05) is 30.0 Å². The molecule has 0 aliphatic rings. The van der Waals surface area contributed by atoms with Crippen molar-refractivity contribution in [2.45, 2.75) is 4.90 Å². The van der Waals surface area contributed by atoms with E-state index in [9.17, 15) is 12.8 Å². The highest BCUT2D eigenvalue weighted by Crippen LogP contribution is 2.19. The highest BCUT2D eigenvalue weighted by atomic mass is 32.2. The number of anilines is 1. The van der Waals surface area contributed by atoms with Crippen molar-refractivity contribution in [2.24, 2.45) is 0 Å². The topological polar surface area (TPSA) is 66.4 Å². The Morgan fingerprint density at radius 3 is 2.62 bits per heavy atom. The van der Waals surface area contributed by atoms with Gasteiger partial charge >= 0.3 is 0 Å². The molecule has 2 aromatic carbocycles. The molecule has 4 nitrogen and oxygen atoms in total. The zero-order chi connectivity index (χ0) is 15.3. The smallest absolute Gasteiger partial charge is 0.263 e. The standard InChI is InChI=1S/C15H12FNO3S/c16-13-7-3-8-14(11-13)17-21(19,20)15-9-2-1-5-12(15)6-4-10-18/h1-3,5,7-9,11,17-18H,10H2. The van der Waals surface area contributed by atoms with Crippen LogP contribution in [0.3, 0.4) is 0 Å². The molecule has 0 saturated carbocycles. The quantitative estimate of drug-likeness (QED) is 0.852. The summed E-state index contributed by atoms with van der Waals surface area (Å²) < 4.78 is 40.1. The normalized spacial score (nSPS) is 10.6. The maximum Gasteiger partial charge on any atom is 0.263 e. The summed E-state index contributed by atoms with van der Waals surface area (Å²) in [5, 5.41) is 8.71. The third kappa shape index (κ3) is 3.81. The number of sulfonamides is 1. The summed E-state index contributed by atoms with van der Waals surface area (Å²) in [7, 11) is -3.89. The molecule has 0 aliphatic heterocycles. The fourth-order valence-corrected chi connectivity index (χ4v) is 2.91. The molecule has 0 unspecified atom stereocenters. The van der Waals surface area contributed by atoms with Gasteiger partial charge < -0.3 is 5.11 Å². The van der Waals surface area contributed by atoms with Gasteiger partial charge in [0.1, 0.15) is 17.3 Å². The third-order valence-corrected chi connectivity index (χ3v) is 3.99. The molecule has 0 radical (unpaired) electrons. The van der Waals surface area contributed by atoms with Crippen molar-refractivity contribution < 1.29 is 17.9 Å². The van der Waals surface area contributed by atoms with E-state index >= 15 is 0 Å². The first-order chi connectivity index (χ1) is 10.0. The largest absolute Gasteiger partial charge is 0.384 e. The van der Waals surface area contributed by atoms with Gasteiger partial charge in [-0.15, -0.1) is 0 Å². The van der Waals surface area contributed by atoms with E-state index in [1.165, 1.54) is 30.3 Å². The van der Waals surface area contributed by atoms with Crippen molar-refractivity contribution in [3.63, 3.8) is 0 Å². The third-order valence-electron chi connectivity index (χ3n) is 2.56. The summed E-state index contributed by atoms with van der Waals surface area (Å²) in [5.41, 5.74) is 0.385. The van der Waals surface area contributed by atoms with Crippen molar-refractivity contribution >= 4 is 15.7 Å². The zero-order valence-electron chi connectivity index (χ0n) is 10.9. The molecule has 108 valence electrons. The lowest BCUT2D eigenvalue weighted by Gasteiger charge is -2.09. The van der Waals surface area contributed by atoms with Crippen LogP contribution < -0.4 is 4.72 Å². The van der Waals surface area contributed by atoms with Crippen LogP contribution in [0.4, 0.5) is 10.1 Å². The van der Waals surface area contributed by atoms with Crippen LogP contribution in [0.25, 0.3) is 0 Å². The van der Waals surface area contributed by atoms with E-state index in [0.717, 1.165) is 6.07 Å². The Hall–Kier alpha value is -2.36. The highest BCUT2D eigenvalue weighted by molar-refractivity contribution is 7.92. The molecule has 0 spiro atoms. The maximum absolute atomic E-state index is 13.1. The minimum atomic E-state index is -3.89. The fraction of sp³-hybridized carbons (Fsp3) is 0.0667. The molecular weight excluding hydrogens is 293 g/mol. The average Bonchev–Trinajstić information content (AvgIpc) is 2.45. The first kappa shape index (κ1) is 15.0. The summed E-state index contributed by atoms with van der Waals surface area (Å²) in [6.07, 6.45) is 0. The second kappa shape index (κ2) is 6.39. The van der Waals surface area contributed by atoms with Crippen LogP contribution in [0.5, 0.6) is 0 Å². The Morgan fingerprint density at radius 1 is 1.14 bits per heavy atom. The van der Waals surface area contributed by atoms with Gasteiger partial charge in [-0.3, -0.25) is 4.72 Å². The lowest BCUT2D eigenvalue weighted by Crippen LogP contribution is -2.14. The van der Waals surface area contributed by atoms with E-state index in [0.29, 0.717) is 0 Å². The summed E-state index contributed by atoms with van der Waals surface area (Å²) in [6, 6.07) is 11.3. The van der Waals surface area contributed by atoms with Crippen LogP contribution in [0.1, 0.15) is 5.56 Å². The van der Waals surface area contributed by atoms with E-state index in [1.807, 2.05) is 0 Å². The van der Waals surface area contributed by atoms with Gasteiger partial charge in [0.2, 0.25) is 0 Å². The molecule has 0 heterocycles. The summed E-state index contributed by atoms with van der Waals surface area (Å²) in [5.74, 6) is 4.44. The lowest BCUT2D eigenvalue weighted by atomic mass is 10.2. The van der Waals surface area contributed by atoms with E-state index < -0.39 is 15.8 Å². The number of rotatable bonds is 3. The van der Waals surface area contributed by atoms with Crippen LogP contribution in [0.2, 0.25) is 0 Å². The van der Waals surface area contributed by atoms with Gasteiger partial charge in [-0.2, -0.15) is 0 Å². The van der Waals surface area contributed by atoms with Crippen LogP contribution in [-0.4, -0.2) is 20.1 Å². The first-order valence-corrected chi connectivity index (χ1v) is 7.48. The number of nitrogens with one attached hydrogen (secondary N) is 1. The average molecular weight is 305 g/mol. The van der Waals surface area contributed by atoms with E-state index in [4.69, 9.17) is 5.11 Å². The second-order valence-corrected chi connectivity index (χ2v) is 5.72. The number of benzene rings is 2. The molecule has 2 aromatic rings. The van der Waals surface area contributed by atoms with E-state index in [1.54, 1.807) is 12.1 Å². The Morgan fingerprint density at radius 2 is 1.90 bits per heavy atom. The van der Waals surface area contributed by atoms with Gasteiger partial charge in [0.05, 0.1) is 5.69 Å². The molecular formula is C15H12FNO3S. The van der Waals surface area contributed by atoms with Crippen molar-refractivity contribution in [3.05, 3.63) is 59.9 Å². The van der Waals surface area contributed by atoms with E-state index in [-0.39, 0.29) is 22.8 Å². The Bertz CT molecular complexity index is 807. The van der Waals surface area contributed by atoms with Gasteiger partial charge in [0, 0.05) is 5.56 Å². The predicted octanol–water partition coefficient (Wildman–Crippen LogP) is 1.97. The Labute approximate surface area is 122 Å². The highest BCUT2D eigenvalue weighted by Gasteiger charge is 2.17. The van der Waals surface area contributed by atoms with Crippen molar-refractivity contribution in [1.82, 2.24) is 0 Å². The summed E-state index contributed by atoms with van der Waals surface area (Å²) in [4.78, 5) is -0.0322. The molecule has 0 saturated heterocycles. The van der Waals surface area contributed by atoms with Crippen molar-refractivity contribution in [1.29, 1.82) is 0 Å². The zero-order valence-corrected chi connectivity index (χ0v) is 11.7. The van der Waals surface area contributed by atoms with Crippen molar-refractivity contribution in [3.8, 4) is 11.8 Å². The minimum Gasteiger partial charge on any atom is -0.384 e. The molecule has 0 amide bonds. The number of aliphatic hydroxyl groups is 1. The first-order valence-electron chi connectivity index (χ1n) is 6.00. The van der Waals surface area contributed by atoms with Gasteiger partial charge in [-0.25, -0.2) is 12.8 Å². The predicted molar refractivity (Wildman–Crippen MR) is 77.6 cm³/mol. The second-order valence-electron chi connectivity index (χ2n) is 4.07. The maximum atomic E-state index is 13.1. The van der Waals surface area contributed by atoms with Crippen molar-refractivity contribution in [2.75, 3.05) is 11.3 Å². The van der Waals surface area contributed by atoms with Crippen LogP contribution in [-0.2, 0) is 10.0 Å². The SMILES string of the molecule is O=S(=O)(Nc1cccc(F)c1)c1ccccc1C#CCO. The van der Waals surface area contributed by atoms with E-state index in [2.05, 4.69) is 16.6 Å². The van der Waals surface area contributed by atoms with Crippen LogP contribution in [0.15, 0.2) is 53.4 Å². The summed E-state index contributed by atoms with van der Waals surface area (Å²) >= 11 is 0. The Balaban J connectivity index is 2.40. The van der Waals surface area contributed by atoms with Crippen LogP contribution >= 0.6 is 0 Å². The number of halogens is 1. The molecule has 0 atom stereocenters. The molecule has 21 heavy (non-hydrogen) atoms. The number of aliphatic hydroxyl groups excluding tert-OH is 1. The fourth-order valence-electron chi connectivity index (χ4n) is 1.70.